The third kappa shape index (κ3) is 2.91. The van der Waals surface area contributed by atoms with Gasteiger partial charge in [-0.05, 0) is 6.92 Å². The van der Waals surface area contributed by atoms with Crippen molar-refractivity contribution in [2.75, 3.05) is 32.9 Å². The van der Waals surface area contributed by atoms with E-state index in [1.807, 2.05) is 6.92 Å². The Labute approximate surface area is 99.6 Å². The van der Waals surface area contributed by atoms with Crippen molar-refractivity contribution in [1.82, 2.24) is 14.9 Å². The molecule has 1 aliphatic heterocycles. The summed E-state index contributed by atoms with van der Waals surface area (Å²) in [5, 5.41) is 0. The number of aromatic nitrogens is 2. The average Bonchev–Trinajstić information content (AvgIpc) is 2.40. The van der Waals surface area contributed by atoms with Crippen molar-refractivity contribution in [1.29, 1.82) is 0 Å². The Bertz CT molecular complexity index is 391. The number of ether oxygens (including phenoxy) is 2. The van der Waals surface area contributed by atoms with Gasteiger partial charge in [0, 0.05) is 19.2 Å². The van der Waals surface area contributed by atoms with Crippen molar-refractivity contribution >= 4 is 5.91 Å². The number of hydrogen-bond donors (Lipinski definition) is 0. The van der Waals surface area contributed by atoms with Gasteiger partial charge in [-0.15, -0.1) is 0 Å². The lowest BCUT2D eigenvalue weighted by atomic mass is 10.3. The first-order valence-electron chi connectivity index (χ1n) is 5.63. The molecule has 1 aromatic heterocycles. The Balaban J connectivity index is 2.09. The zero-order valence-electron chi connectivity index (χ0n) is 9.76. The van der Waals surface area contributed by atoms with E-state index in [0.29, 0.717) is 44.5 Å². The van der Waals surface area contributed by atoms with Gasteiger partial charge in [-0.25, -0.2) is 9.97 Å². The molecule has 1 fully saturated rings. The molecule has 2 heterocycles. The Morgan fingerprint density at radius 2 is 2.24 bits per heavy atom. The highest BCUT2D eigenvalue weighted by atomic mass is 16.5. The summed E-state index contributed by atoms with van der Waals surface area (Å²) in [5.41, 5.74) is 0.366. The highest BCUT2D eigenvalue weighted by Crippen LogP contribution is 2.10. The smallest absolute Gasteiger partial charge is 0.272 e. The maximum atomic E-state index is 12.1. The van der Waals surface area contributed by atoms with Crippen LogP contribution in [0.3, 0.4) is 0 Å². The minimum Gasteiger partial charge on any atom is -0.478 e. The van der Waals surface area contributed by atoms with Gasteiger partial charge >= 0.3 is 0 Å². The molecule has 0 atom stereocenters. The molecule has 0 N–H and O–H groups in total. The molecule has 17 heavy (non-hydrogen) atoms. The van der Waals surface area contributed by atoms with E-state index in [4.69, 9.17) is 9.47 Å². The molecule has 92 valence electrons. The van der Waals surface area contributed by atoms with Crippen molar-refractivity contribution in [3.63, 3.8) is 0 Å². The SMILES string of the molecule is CCOc1cc(C(=O)N2CCOCC2)ncn1. The normalized spacial score (nSPS) is 15.7. The van der Waals surface area contributed by atoms with Gasteiger partial charge in [-0.3, -0.25) is 4.79 Å². The molecular formula is C11H15N3O3. The molecule has 1 aromatic rings. The van der Waals surface area contributed by atoms with Crippen LogP contribution < -0.4 is 4.74 Å². The average molecular weight is 237 g/mol. The fraction of sp³-hybridized carbons (Fsp3) is 0.545. The van der Waals surface area contributed by atoms with Crippen LogP contribution in [0.25, 0.3) is 0 Å². The van der Waals surface area contributed by atoms with Gasteiger partial charge in [-0.2, -0.15) is 0 Å². The second-order valence-corrected chi connectivity index (χ2v) is 3.58. The fourth-order valence-corrected chi connectivity index (χ4v) is 1.61. The molecule has 1 aliphatic rings. The fourth-order valence-electron chi connectivity index (χ4n) is 1.61. The second kappa shape index (κ2) is 5.58. The summed E-state index contributed by atoms with van der Waals surface area (Å²) >= 11 is 0. The summed E-state index contributed by atoms with van der Waals surface area (Å²) in [6.45, 7) is 4.75. The number of hydrogen-bond acceptors (Lipinski definition) is 5. The predicted octanol–water partition coefficient (Wildman–Crippen LogP) is 0.348. The minimum absolute atomic E-state index is 0.100. The molecule has 0 unspecified atom stereocenters. The van der Waals surface area contributed by atoms with Crippen molar-refractivity contribution in [3.8, 4) is 5.88 Å². The number of nitrogens with zero attached hydrogens (tertiary/aromatic N) is 3. The third-order valence-electron chi connectivity index (χ3n) is 2.45. The van der Waals surface area contributed by atoms with E-state index in [9.17, 15) is 4.79 Å². The van der Waals surface area contributed by atoms with E-state index in [2.05, 4.69) is 9.97 Å². The number of rotatable bonds is 3. The maximum absolute atomic E-state index is 12.1. The summed E-state index contributed by atoms with van der Waals surface area (Å²) in [5.74, 6) is 0.329. The van der Waals surface area contributed by atoms with Gasteiger partial charge in [0.05, 0.1) is 19.8 Å². The molecule has 0 aromatic carbocycles. The molecule has 0 spiro atoms. The molecule has 6 heteroatoms. The van der Waals surface area contributed by atoms with Crippen LogP contribution in [0.1, 0.15) is 17.4 Å². The summed E-state index contributed by atoms with van der Waals surface area (Å²) in [6.07, 6.45) is 1.35. The van der Waals surface area contributed by atoms with Gasteiger partial charge < -0.3 is 14.4 Å². The quantitative estimate of drug-likeness (QED) is 0.759. The van der Waals surface area contributed by atoms with Crippen LogP contribution >= 0.6 is 0 Å². The molecule has 6 nitrogen and oxygen atoms in total. The summed E-state index contributed by atoms with van der Waals surface area (Å²) < 4.78 is 10.4. The number of amides is 1. The van der Waals surface area contributed by atoms with E-state index >= 15 is 0 Å². The topological polar surface area (TPSA) is 64.5 Å². The maximum Gasteiger partial charge on any atom is 0.272 e. The largest absolute Gasteiger partial charge is 0.478 e. The summed E-state index contributed by atoms with van der Waals surface area (Å²) in [4.78, 5) is 21.7. The second-order valence-electron chi connectivity index (χ2n) is 3.58. The minimum atomic E-state index is -0.100. The van der Waals surface area contributed by atoms with Crippen molar-refractivity contribution in [3.05, 3.63) is 18.1 Å². The van der Waals surface area contributed by atoms with Gasteiger partial charge in [-0.1, -0.05) is 0 Å². The summed E-state index contributed by atoms with van der Waals surface area (Å²) in [7, 11) is 0. The van der Waals surface area contributed by atoms with Crippen LogP contribution in [0.2, 0.25) is 0 Å². The van der Waals surface area contributed by atoms with Crippen LogP contribution in [0.15, 0.2) is 12.4 Å². The molecule has 1 saturated heterocycles. The molecule has 0 aliphatic carbocycles. The lowest BCUT2D eigenvalue weighted by Gasteiger charge is -2.26. The molecular weight excluding hydrogens is 222 g/mol. The Morgan fingerprint density at radius 1 is 1.47 bits per heavy atom. The zero-order valence-corrected chi connectivity index (χ0v) is 9.76. The monoisotopic (exact) mass is 237 g/mol. The predicted molar refractivity (Wildman–Crippen MR) is 59.9 cm³/mol. The summed E-state index contributed by atoms with van der Waals surface area (Å²) in [6, 6.07) is 1.57. The van der Waals surface area contributed by atoms with Crippen molar-refractivity contribution in [2.24, 2.45) is 0 Å². The first-order chi connectivity index (χ1) is 8.31. The van der Waals surface area contributed by atoms with Gasteiger partial charge in [0.2, 0.25) is 5.88 Å². The molecule has 0 radical (unpaired) electrons. The van der Waals surface area contributed by atoms with E-state index in [1.54, 1.807) is 11.0 Å². The van der Waals surface area contributed by atoms with E-state index in [1.165, 1.54) is 6.33 Å². The van der Waals surface area contributed by atoms with Gasteiger partial charge in [0.1, 0.15) is 12.0 Å². The molecule has 0 bridgehead atoms. The lowest BCUT2D eigenvalue weighted by molar-refractivity contribution is 0.0298. The van der Waals surface area contributed by atoms with Crippen LogP contribution in [0.4, 0.5) is 0 Å². The highest BCUT2D eigenvalue weighted by molar-refractivity contribution is 5.92. The van der Waals surface area contributed by atoms with Gasteiger partial charge in [0.15, 0.2) is 0 Å². The standard InChI is InChI=1S/C11H15N3O3/c1-2-17-10-7-9(12-8-13-10)11(15)14-3-5-16-6-4-14/h7-8H,2-6H2,1H3. The van der Waals surface area contributed by atoms with Crippen LogP contribution in [-0.4, -0.2) is 53.7 Å². The first kappa shape index (κ1) is 11.8. The van der Waals surface area contributed by atoms with Crippen LogP contribution in [0.5, 0.6) is 5.88 Å². The number of morpholine rings is 1. The zero-order chi connectivity index (χ0) is 12.1. The Morgan fingerprint density at radius 3 is 2.94 bits per heavy atom. The molecule has 2 rings (SSSR count). The number of carbonyl (C=O) groups excluding carboxylic acids is 1. The van der Waals surface area contributed by atoms with E-state index in [0.717, 1.165) is 0 Å². The number of carbonyl (C=O) groups is 1. The van der Waals surface area contributed by atoms with Gasteiger partial charge in [0.25, 0.3) is 5.91 Å². The highest BCUT2D eigenvalue weighted by Gasteiger charge is 2.20. The third-order valence-corrected chi connectivity index (χ3v) is 2.45. The van der Waals surface area contributed by atoms with Crippen molar-refractivity contribution in [2.45, 2.75) is 6.92 Å². The molecule has 1 amide bonds. The Kier molecular flexibility index (Phi) is 3.87. The van der Waals surface area contributed by atoms with E-state index < -0.39 is 0 Å². The van der Waals surface area contributed by atoms with E-state index in [-0.39, 0.29) is 5.91 Å². The molecule has 0 saturated carbocycles. The lowest BCUT2D eigenvalue weighted by Crippen LogP contribution is -2.41. The van der Waals surface area contributed by atoms with Crippen LogP contribution in [0, 0.1) is 0 Å². The van der Waals surface area contributed by atoms with Crippen molar-refractivity contribution < 1.29 is 14.3 Å². The Hall–Kier alpha value is -1.69. The first-order valence-corrected chi connectivity index (χ1v) is 5.63. The van der Waals surface area contributed by atoms with Crippen LogP contribution in [-0.2, 0) is 4.74 Å².